The molecule has 7 aromatic rings. The fraction of sp³-hybridized carbons (Fsp3) is 0.212. The van der Waals surface area contributed by atoms with Gasteiger partial charge in [-0.2, -0.15) is 0 Å². The Morgan fingerprint density at radius 2 is 0.727 bits per heavy atom. The molecule has 0 saturated heterocycles. The van der Waals surface area contributed by atoms with Crippen LogP contribution < -0.4 is 0 Å². The normalized spacial score (nSPS) is 14.9. The third-order valence-electron chi connectivity index (χ3n) is 12.6. The van der Waals surface area contributed by atoms with Crippen molar-refractivity contribution >= 4 is 6.08 Å². The summed E-state index contributed by atoms with van der Waals surface area (Å²) in [6.45, 7) is 13.1. The maximum atomic E-state index is 5.69. The summed E-state index contributed by atoms with van der Waals surface area (Å²) in [4.78, 5) is 17.0. The molecule has 268 valence electrons. The number of hydrogen-bond donors (Lipinski definition) is 0. The van der Waals surface area contributed by atoms with Gasteiger partial charge in [0.25, 0.3) is 0 Å². The second-order valence-electron chi connectivity index (χ2n) is 15.4. The number of benzene rings is 6. The summed E-state index contributed by atoms with van der Waals surface area (Å²) in [6, 6.07) is 43.6. The maximum absolute atomic E-state index is 5.69. The first-order valence-electron chi connectivity index (χ1n) is 20.1. The molecule has 6 aromatic carbocycles. The standard InChI is InChI=1S/C52H45N3/c1-6-30-15-20-36-35-13-11-12-14-41(35)47(42(36)25-30)50-53-51(48-43-26-31(7-2)16-21-37(43)38-22-17-32(8-3)27-44(38)48)55-52(54-50)49-45-28-33(9-4)18-23-39(45)40-24-19-34(10-5)29-46(40)49/h6,11-29,47-49H,1,7-10H2,2-5H3. The largest absolute Gasteiger partial charge is 0.216 e. The summed E-state index contributed by atoms with van der Waals surface area (Å²) in [7, 11) is 0. The van der Waals surface area contributed by atoms with Crippen LogP contribution in [0.15, 0.2) is 122 Å². The molecule has 1 unspecified atom stereocenters. The molecule has 3 heteroatoms. The predicted octanol–water partition coefficient (Wildman–Crippen LogP) is 12.2. The van der Waals surface area contributed by atoms with Crippen molar-refractivity contribution in [3.63, 3.8) is 0 Å². The van der Waals surface area contributed by atoms with Crippen LogP contribution in [-0.4, -0.2) is 15.0 Å². The molecule has 1 heterocycles. The summed E-state index contributed by atoms with van der Waals surface area (Å²) < 4.78 is 0. The quantitative estimate of drug-likeness (QED) is 0.157. The molecule has 3 aliphatic rings. The molecule has 1 atom stereocenters. The highest BCUT2D eigenvalue weighted by Crippen LogP contribution is 2.53. The first kappa shape index (κ1) is 33.6. The van der Waals surface area contributed by atoms with Crippen molar-refractivity contribution in [2.24, 2.45) is 0 Å². The minimum atomic E-state index is -0.139. The smallest absolute Gasteiger partial charge is 0.144 e. The Hall–Kier alpha value is -5.93. The molecule has 0 amide bonds. The van der Waals surface area contributed by atoms with Crippen LogP contribution in [0.2, 0.25) is 0 Å². The van der Waals surface area contributed by atoms with Gasteiger partial charge in [-0.05, 0) is 120 Å². The molecular weight excluding hydrogens is 667 g/mol. The van der Waals surface area contributed by atoms with Gasteiger partial charge < -0.3 is 0 Å². The van der Waals surface area contributed by atoms with Gasteiger partial charge in [-0.3, -0.25) is 0 Å². The van der Waals surface area contributed by atoms with Crippen LogP contribution in [0.25, 0.3) is 39.5 Å². The lowest BCUT2D eigenvalue weighted by Crippen LogP contribution is -2.18. The van der Waals surface area contributed by atoms with E-state index in [0.29, 0.717) is 0 Å². The fourth-order valence-corrected chi connectivity index (χ4v) is 9.60. The van der Waals surface area contributed by atoms with E-state index < -0.39 is 0 Å². The minimum Gasteiger partial charge on any atom is -0.216 e. The molecule has 0 spiro atoms. The van der Waals surface area contributed by atoms with Crippen molar-refractivity contribution in [2.75, 3.05) is 0 Å². The van der Waals surface area contributed by atoms with Gasteiger partial charge in [0, 0.05) is 0 Å². The van der Waals surface area contributed by atoms with Crippen LogP contribution >= 0.6 is 0 Å². The van der Waals surface area contributed by atoms with Crippen LogP contribution in [0.3, 0.4) is 0 Å². The van der Waals surface area contributed by atoms with Crippen molar-refractivity contribution in [3.8, 4) is 33.4 Å². The first-order valence-corrected chi connectivity index (χ1v) is 20.1. The lowest BCUT2D eigenvalue weighted by molar-refractivity contribution is 0.719. The van der Waals surface area contributed by atoms with Gasteiger partial charge in [0.15, 0.2) is 0 Å². The molecular formula is C52H45N3. The monoisotopic (exact) mass is 711 g/mol. The molecule has 0 saturated carbocycles. The van der Waals surface area contributed by atoms with Gasteiger partial charge in [0.05, 0.1) is 17.8 Å². The van der Waals surface area contributed by atoms with E-state index in [1.807, 2.05) is 6.08 Å². The molecule has 0 radical (unpaired) electrons. The third-order valence-corrected chi connectivity index (χ3v) is 12.6. The summed E-state index contributed by atoms with van der Waals surface area (Å²) in [5.41, 5.74) is 21.7. The van der Waals surface area contributed by atoms with Gasteiger partial charge in [-0.15, -0.1) is 0 Å². The van der Waals surface area contributed by atoms with E-state index in [0.717, 1.165) is 48.7 Å². The summed E-state index contributed by atoms with van der Waals surface area (Å²) in [5.74, 6) is 2.13. The highest BCUT2D eigenvalue weighted by molar-refractivity contribution is 5.84. The zero-order valence-corrected chi connectivity index (χ0v) is 32.2. The first-order chi connectivity index (χ1) is 27.0. The Bertz CT molecular complexity index is 2460. The Morgan fingerprint density at radius 3 is 1.11 bits per heavy atom. The predicted molar refractivity (Wildman–Crippen MR) is 226 cm³/mol. The van der Waals surface area contributed by atoms with E-state index >= 15 is 0 Å². The number of aryl methyl sites for hydroxylation is 4. The fourth-order valence-electron chi connectivity index (χ4n) is 9.60. The molecule has 55 heavy (non-hydrogen) atoms. The van der Waals surface area contributed by atoms with Gasteiger partial charge in [-0.1, -0.05) is 156 Å². The zero-order valence-electron chi connectivity index (χ0n) is 32.2. The average Bonchev–Trinajstić information content (AvgIpc) is 3.87. The summed E-state index contributed by atoms with van der Waals surface area (Å²) in [6.07, 6.45) is 5.83. The Morgan fingerprint density at radius 1 is 0.400 bits per heavy atom. The number of rotatable bonds is 8. The Balaban J connectivity index is 1.28. The van der Waals surface area contributed by atoms with E-state index in [9.17, 15) is 0 Å². The average molecular weight is 712 g/mol. The number of nitrogens with zero attached hydrogens (tertiary/aromatic N) is 3. The van der Waals surface area contributed by atoms with E-state index in [-0.39, 0.29) is 17.8 Å². The van der Waals surface area contributed by atoms with Crippen molar-refractivity contribution in [1.29, 1.82) is 0 Å². The van der Waals surface area contributed by atoms with Gasteiger partial charge in [0.1, 0.15) is 17.5 Å². The lowest BCUT2D eigenvalue weighted by atomic mass is 9.90. The van der Waals surface area contributed by atoms with Crippen LogP contribution in [0.1, 0.15) is 124 Å². The lowest BCUT2D eigenvalue weighted by Gasteiger charge is -2.21. The summed E-state index contributed by atoms with van der Waals surface area (Å²) >= 11 is 0. The van der Waals surface area contributed by atoms with Crippen molar-refractivity contribution in [3.05, 3.63) is 201 Å². The van der Waals surface area contributed by atoms with Crippen LogP contribution in [0.4, 0.5) is 0 Å². The SMILES string of the molecule is C=Cc1ccc2c(c1)C(c1nc(C3c4cc(CC)ccc4-c4ccc(CC)cc43)nc(C3c4cc(CC)ccc4-c4ccc(CC)cc43)n1)c1ccccc1-2. The Kier molecular flexibility index (Phi) is 8.03. The number of fused-ring (bicyclic) bond motifs is 9. The van der Waals surface area contributed by atoms with E-state index in [1.54, 1.807) is 0 Å². The van der Waals surface area contributed by atoms with Crippen molar-refractivity contribution < 1.29 is 0 Å². The number of hydrogen-bond acceptors (Lipinski definition) is 3. The van der Waals surface area contributed by atoms with Crippen LogP contribution in [0, 0.1) is 0 Å². The van der Waals surface area contributed by atoms with Crippen molar-refractivity contribution in [2.45, 2.75) is 71.1 Å². The zero-order chi connectivity index (χ0) is 37.4. The van der Waals surface area contributed by atoms with E-state index in [4.69, 9.17) is 15.0 Å². The maximum Gasteiger partial charge on any atom is 0.144 e. The third kappa shape index (κ3) is 5.20. The second-order valence-corrected chi connectivity index (χ2v) is 15.4. The molecule has 1 aromatic heterocycles. The molecule has 0 bridgehead atoms. The van der Waals surface area contributed by atoms with Gasteiger partial charge in [0.2, 0.25) is 0 Å². The molecule has 0 fully saturated rings. The van der Waals surface area contributed by atoms with Gasteiger partial charge >= 0.3 is 0 Å². The minimum absolute atomic E-state index is 0.108. The van der Waals surface area contributed by atoms with Gasteiger partial charge in [-0.25, -0.2) is 15.0 Å². The van der Waals surface area contributed by atoms with E-state index in [2.05, 4.69) is 150 Å². The Labute approximate surface area is 324 Å². The molecule has 3 nitrogen and oxygen atoms in total. The summed E-state index contributed by atoms with van der Waals surface area (Å²) in [5, 5.41) is 0. The van der Waals surface area contributed by atoms with Crippen LogP contribution in [0.5, 0.6) is 0 Å². The molecule has 3 aliphatic carbocycles. The molecule has 0 N–H and O–H groups in total. The van der Waals surface area contributed by atoms with E-state index in [1.165, 1.54) is 89.0 Å². The van der Waals surface area contributed by atoms with Crippen molar-refractivity contribution in [1.82, 2.24) is 15.0 Å². The molecule has 0 aliphatic heterocycles. The molecule has 10 rings (SSSR count). The topological polar surface area (TPSA) is 38.7 Å². The van der Waals surface area contributed by atoms with Crippen LogP contribution in [-0.2, 0) is 25.7 Å². The highest BCUT2D eigenvalue weighted by Gasteiger charge is 2.39. The number of aromatic nitrogens is 3. The second kappa shape index (κ2) is 13.1. The highest BCUT2D eigenvalue weighted by atomic mass is 15.1.